The highest BCUT2D eigenvalue weighted by Crippen LogP contribution is 2.36. The molecule has 1 aliphatic carbocycles. The van der Waals surface area contributed by atoms with Gasteiger partial charge in [-0.3, -0.25) is 0 Å². The number of nitrogens with one attached hydrogen (secondary N) is 1. The molecule has 0 bridgehead atoms. The normalized spacial score (nSPS) is 17.0. The van der Waals surface area contributed by atoms with E-state index in [4.69, 9.17) is 0 Å². The SMILES string of the molecule is CC(Cn1ccnc1)Nc1nccn1C1CC1. The number of nitrogens with zero attached hydrogens (tertiary/aromatic N) is 4. The molecule has 0 aliphatic heterocycles. The van der Waals surface area contributed by atoms with E-state index >= 15 is 0 Å². The van der Waals surface area contributed by atoms with Crippen LogP contribution >= 0.6 is 0 Å². The largest absolute Gasteiger partial charge is 0.351 e. The molecule has 1 unspecified atom stereocenters. The first-order valence-electron chi connectivity index (χ1n) is 6.08. The lowest BCUT2D eigenvalue weighted by atomic mass is 10.3. The van der Waals surface area contributed by atoms with Gasteiger partial charge in [-0.2, -0.15) is 0 Å². The van der Waals surface area contributed by atoms with E-state index < -0.39 is 0 Å². The Hall–Kier alpha value is -1.78. The molecule has 0 saturated heterocycles. The predicted molar refractivity (Wildman–Crippen MR) is 65.8 cm³/mol. The van der Waals surface area contributed by atoms with Crippen molar-refractivity contribution in [3.63, 3.8) is 0 Å². The van der Waals surface area contributed by atoms with Crippen molar-refractivity contribution in [3.05, 3.63) is 31.1 Å². The van der Waals surface area contributed by atoms with Gasteiger partial charge in [-0.15, -0.1) is 0 Å². The molecule has 3 rings (SSSR count). The number of rotatable bonds is 5. The molecule has 90 valence electrons. The fraction of sp³-hybridized carbons (Fsp3) is 0.500. The Morgan fingerprint density at radius 3 is 3.00 bits per heavy atom. The van der Waals surface area contributed by atoms with Gasteiger partial charge < -0.3 is 14.5 Å². The Bertz CT molecular complexity index is 469. The van der Waals surface area contributed by atoms with Crippen molar-refractivity contribution in [1.29, 1.82) is 0 Å². The van der Waals surface area contributed by atoms with Crippen LogP contribution < -0.4 is 5.32 Å². The van der Waals surface area contributed by atoms with E-state index in [2.05, 4.69) is 37.5 Å². The minimum absolute atomic E-state index is 0.337. The molecule has 1 fully saturated rings. The van der Waals surface area contributed by atoms with Crippen molar-refractivity contribution in [2.24, 2.45) is 0 Å². The first-order chi connectivity index (χ1) is 8.33. The molecule has 0 aromatic carbocycles. The van der Waals surface area contributed by atoms with Crippen LogP contribution in [0.2, 0.25) is 0 Å². The monoisotopic (exact) mass is 231 g/mol. The van der Waals surface area contributed by atoms with Gasteiger partial charge in [0.25, 0.3) is 0 Å². The smallest absolute Gasteiger partial charge is 0.203 e. The Balaban J connectivity index is 1.63. The molecule has 17 heavy (non-hydrogen) atoms. The molecule has 1 saturated carbocycles. The lowest BCUT2D eigenvalue weighted by Crippen LogP contribution is -2.23. The van der Waals surface area contributed by atoms with Crippen molar-refractivity contribution in [3.8, 4) is 0 Å². The molecule has 5 nitrogen and oxygen atoms in total. The van der Waals surface area contributed by atoms with Gasteiger partial charge in [0.1, 0.15) is 0 Å². The fourth-order valence-electron chi connectivity index (χ4n) is 2.05. The summed E-state index contributed by atoms with van der Waals surface area (Å²) in [6.45, 7) is 3.06. The quantitative estimate of drug-likeness (QED) is 0.855. The fourth-order valence-corrected chi connectivity index (χ4v) is 2.05. The van der Waals surface area contributed by atoms with Crippen LogP contribution in [0.5, 0.6) is 0 Å². The van der Waals surface area contributed by atoms with Crippen molar-refractivity contribution in [2.45, 2.75) is 38.4 Å². The maximum Gasteiger partial charge on any atom is 0.203 e. The molecular formula is C12H17N5. The average molecular weight is 231 g/mol. The van der Waals surface area contributed by atoms with Crippen LogP contribution in [0.4, 0.5) is 5.95 Å². The minimum atomic E-state index is 0.337. The highest BCUT2D eigenvalue weighted by molar-refractivity contribution is 5.29. The van der Waals surface area contributed by atoms with Crippen LogP contribution in [0.25, 0.3) is 0 Å². The number of hydrogen-bond acceptors (Lipinski definition) is 3. The van der Waals surface area contributed by atoms with Crippen LogP contribution in [0, 0.1) is 0 Å². The standard InChI is InChI=1S/C12H17N5/c1-10(8-16-6-4-13-9-16)15-12-14-5-7-17(12)11-2-3-11/h4-7,9-11H,2-3,8H2,1H3,(H,14,15). The van der Waals surface area contributed by atoms with Crippen LogP contribution in [0.15, 0.2) is 31.1 Å². The molecule has 1 atom stereocenters. The summed E-state index contributed by atoms with van der Waals surface area (Å²) in [6, 6.07) is 1.00. The molecule has 5 heteroatoms. The first-order valence-corrected chi connectivity index (χ1v) is 6.08. The van der Waals surface area contributed by atoms with Gasteiger partial charge in [-0.05, 0) is 19.8 Å². The lowest BCUT2D eigenvalue weighted by Gasteiger charge is -2.16. The van der Waals surface area contributed by atoms with Gasteiger partial charge in [0.2, 0.25) is 5.95 Å². The summed E-state index contributed by atoms with van der Waals surface area (Å²) < 4.78 is 4.31. The van der Waals surface area contributed by atoms with Crippen LogP contribution in [-0.2, 0) is 6.54 Å². The highest BCUT2D eigenvalue weighted by Gasteiger charge is 2.25. The molecule has 0 spiro atoms. The molecule has 1 N–H and O–H groups in total. The lowest BCUT2D eigenvalue weighted by molar-refractivity contribution is 0.607. The van der Waals surface area contributed by atoms with Crippen molar-refractivity contribution < 1.29 is 0 Å². The Morgan fingerprint density at radius 2 is 2.29 bits per heavy atom. The van der Waals surface area contributed by atoms with E-state index in [-0.39, 0.29) is 0 Å². The predicted octanol–water partition coefficient (Wildman–Crippen LogP) is 1.92. The summed E-state index contributed by atoms with van der Waals surface area (Å²) in [7, 11) is 0. The maximum absolute atomic E-state index is 4.37. The third-order valence-electron chi connectivity index (χ3n) is 3.03. The zero-order valence-corrected chi connectivity index (χ0v) is 9.95. The molecule has 2 aromatic heterocycles. The highest BCUT2D eigenvalue weighted by atomic mass is 15.2. The van der Waals surface area contributed by atoms with E-state index in [1.807, 2.05) is 18.7 Å². The second kappa shape index (κ2) is 4.24. The third kappa shape index (κ3) is 2.33. The zero-order valence-electron chi connectivity index (χ0n) is 9.95. The minimum Gasteiger partial charge on any atom is -0.351 e. The zero-order chi connectivity index (χ0) is 11.7. The second-order valence-electron chi connectivity index (χ2n) is 4.69. The molecule has 0 amide bonds. The van der Waals surface area contributed by atoms with E-state index in [0.29, 0.717) is 12.1 Å². The topological polar surface area (TPSA) is 47.7 Å². The van der Waals surface area contributed by atoms with Gasteiger partial charge in [0, 0.05) is 43.4 Å². The Labute approximate surface area is 100 Å². The van der Waals surface area contributed by atoms with Crippen molar-refractivity contribution in [1.82, 2.24) is 19.1 Å². The Morgan fingerprint density at radius 1 is 1.41 bits per heavy atom. The summed E-state index contributed by atoms with van der Waals surface area (Å²) >= 11 is 0. The Kier molecular flexibility index (Phi) is 2.59. The molecule has 0 radical (unpaired) electrons. The van der Waals surface area contributed by atoms with Gasteiger partial charge in [0.05, 0.1) is 6.33 Å². The van der Waals surface area contributed by atoms with E-state index in [0.717, 1.165) is 12.5 Å². The molecule has 2 aromatic rings. The van der Waals surface area contributed by atoms with Gasteiger partial charge in [0.15, 0.2) is 0 Å². The van der Waals surface area contributed by atoms with Crippen molar-refractivity contribution in [2.75, 3.05) is 5.32 Å². The summed E-state index contributed by atoms with van der Waals surface area (Å²) in [5, 5.41) is 3.45. The molecular weight excluding hydrogens is 214 g/mol. The van der Waals surface area contributed by atoms with E-state index in [9.17, 15) is 0 Å². The summed E-state index contributed by atoms with van der Waals surface area (Å²) in [4.78, 5) is 8.42. The summed E-state index contributed by atoms with van der Waals surface area (Å²) in [5.41, 5.74) is 0. The second-order valence-corrected chi connectivity index (χ2v) is 4.69. The van der Waals surface area contributed by atoms with Crippen molar-refractivity contribution >= 4 is 5.95 Å². The molecule has 2 heterocycles. The van der Waals surface area contributed by atoms with Gasteiger partial charge in [-0.25, -0.2) is 9.97 Å². The summed E-state index contributed by atoms with van der Waals surface area (Å²) in [6.07, 6.45) is 12.1. The average Bonchev–Trinajstić information content (AvgIpc) is 2.84. The summed E-state index contributed by atoms with van der Waals surface area (Å²) in [5.74, 6) is 0.986. The number of hydrogen-bond donors (Lipinski definition) is 1. The maximum atomic E-state index is 4.37. The van der Waals surface area contributed by atoms with E-state index in [1.54, 1.807) is 6.20 Å². The van der Waals surface area contributed by atoms with Gasteiger partial charge >= 0.3 is 0 Å². The number of imidazole rings is 2. The van der Waals surface area contributed by atoms with Crippen LogP contribution in [-0.4, -0.2) is 25.1 Å². The number of aromatic nitrogens is 4. The van der Waals surface area contributed by atoms with Gasteiger partial charge in [-0.1, -0.05) is 0 Å². The van der Waals surface area contributed by atoms with E-state index in [1.165, 1.54) is 12.8 Å². The molecule has 1 aliphatic rings. The first kappa shape index (κ1) is 10.4. The van der Waals surface area contributed by atoms with Crippen LogP contribution in [0.1, 0.15) is 25.8 Å². The third-order valence-corrected chi connectivity index (χ3v) is 3.03. The number of anilines is 1. The van der Waals surface area contributed by atoms with Crippen LogP contribution in [0.3, 0.4) is 0 Å².